The van der Waals surface area contributed by atoms with E-state index in [4.69, 9.17) is 21.1 Å². The summed E-state index contributed by atoms with van der Waals surface area (Å²) in [5.74, 6) is 1.99. The fraction of sp³-hybridized carbons (Fsp3) is 0.500. The molecule has 1 N–H and O–H groups in total. The van der Waals surface area contributed by atoms with Gasteiger partial charge in [0.25, 0.3) is 0 Å². The molecule has 1 aromatic rings. The summed E-state index contributed by atoms with van der Waals surface area (Å²) >= 11 is 5.56. The van der Waals surface area contributed by atoms with Gasteiger partial charge in [0.05, 0.1) is 14.2 Å². The maximum atomic E-state index is 11.6. The molecule has 1 rings (SSSR count). The minimum Gasteiger partial charge on any atom is -0.493 e. The van der Waals surface area contributed by atoms with Crippen molar-refractivity contribution in [2.75, 3.05) is 20.1 Å². The van der Waals surface area contributed by atoms with Crippen LogP contribution in [0.1, 0.15) is 24.8 Å². The van der Waals surface area contributed by atoms with Crippen LogP contribution in [0.15, 0.2) is 18.2 Å². The second kappa shape index (κ2) is 8.64. The van der Waals surface area contributed by atoms with E-state index in [1.807, 2.05) is 18.2 Å². The number of hydrogen-bond acceptors (Lipinski definition) is 3. The minimum absolute atomic E-state index is 0.0416. The lowest BCUT2D eigenvalue weighted by atomic mass is 10.2. The van der Waals surface area contributed by atoms with Gasteiger partial charge in [-0.2, -0.15) is 0 Å². The van der Waals surface area contributed by atoms with Crippen molar-refractivity contribution < 1.29 is 14.3 Å². The monoisotopic (exact) mass is 285 g/mol. The molecular weight excluding hydrogens is 266 g/mol. The number of rotatable bonds is 8. The number of alkyl halides is 1. The molecule has 0 aromatic heterocycles. The quantitative estimate of drug-likeness (QED) is 0.590. The van der Waals surface area contributed by atoms with E-state index < -0.39 is 0 Å². The predicted molar refractivity (Wildman–Crippen MR) is 76.0 cm³/mol. The van der Waals surface area contributed by atoms with Gasteiger partial charge < -0.3 is 14.8 Å². The van der Waals surface area contributed by atoms with Crippen LogP contribution in [-0.2, 0) is 11.3 Å². The third kappa shape index (κ3) is 5.39. The van der Waals surface area contributed by atoms with E-state index in [9.17, 15) is 4.79 Å². The predicted octanol–water partition coefficient (Wildman–Crippen LogP) is 2.73. The number of hydrogen-bond donors (Lipinski definition) is 1. The molecule has 1 amide bonds. The van der Waals surface area contributed by atoms with Crippen molar-refractivity contribution in [1.82, 2.24) is 5.32 Å². The van der Waals surface area contributed by atoms with Gasteiger partial charge in [0.1, 0.15) is 0 Å². The van der Waals surface area contributed by atoms with Crippen molar-refractivity contribution in [2.24, 2.45) is 0 Å². The zero-order chi connectivity index (χ0) is 14.1. The molecule has 0 aliphatic carbocycles. The average Bonchev–Trinajstić information content (AvgIpc) is 2.45. The molecule has 0 heterocycles. The number of amides is 1. The van der Waals surface area contributed by atoms with E-state index in [1.165, 1.54) is 0 Å². The SMILES string of the molecule is COc1ccc(CNC(=O)CCCCCl)cc1OC. The number of carbonyl (C=O) groups excluding carboxylic acids is 1. The summed E-state index contributed by atoms with van der Waals surface area (Å²) in [6.07, 6.45) is 2.20. The van der Waals surface area contributed by atoms with Crippen LogP contribution >= 0.6 is 11.6 Å². The van der Waals surface area contributed by atoms with Crippen LogP contribution in [0.3, 0.4) is 0 Å². The first-order valence-electron chi connectivity index (χ1n) is 6.24. The summed E-state index contributed by atoms with van der Waals surface area (Å²) < 4.78 is 10.4. The highest BCUT2D eigenvalue weighted by atomic mass is 35.5. The Labute approximate surface area is 119 Å². The number of methoxy groups -OCH3 is 2. The van der Waals surface area contributed by atoms with Gasteiger partial charge in [-0.3, -0.25) is 4.79 Å². The molecule has 5 heteroatoms. The minimum atomic E-state index is 0.0416. The highest BCUT2D eigenvalue weighted by Crippen LogP contribution is 2.27. The third-order valence-electron chi connectivity index (χ3n) is 2.73. The first-order valence-corrected chi connectivity index (χ1v) is 6.78. The summed E-state index contributed by atoms with van der Waals surface area (Å²) in [4.78, 5) is 11.6. The van der Waals surface area contributed by atoms with Gasteiger partial charge in [-0.05, 0) is 30.5 Å². The second-order valence-electron chi connectivity index (χ2n) is 4.11. The molecule has 0 spiro atoms. The van der Waals surface area contributed by atoms with E-state index in [0.717, 1.165) is 18.4 Å². The molecule has 0 saturated heterocycles. The Bertz CT molecular complexity index is 410. The lowest BCUT2D eigenvalue weighted by molar-refractivity contribution is -0.121. The molecular formula is C14H20ClNO3. The topological polar surface area (TPSA) is 47.6 Å². The maximum absolute atomic E-state index is 11.6. The molecule has 0 aliphatic heterocycles. The van der Waals surface area contributed by atoms with Gasteiger partial charge >= 0.3 is 0 Å². The Hall–Kier alpha value is -1.42. The zero-order valence-electron chi connectivity index (χ0n) is 11.4. The Morgan fingerprint density at radius 3 is 2.58 bits per heavy atom. The van der Waals surface area contributed by atoms with Crippen molar-refractivity contribution in [3.63, 3.8) is 0 Å². The van der Waals surface area contributed by atoms with E-state index in [0.29, 0.717) is 30.3 Å². The van der Waals surface area contributed by atoms with Crippen LogP contribution in [0.25, 0.3) is 0 Å². The van der Waals surface area contributed by atoms with E-state index in [-0.39, 0.29) is 5.91 Å². The first kappa shape index (κ1) is 15.6. The van der Waals surface area contributed by atoms with Crippen molar-refractivity contribution in [1.29, 1.82) is 0 Å². The molecule has 0 bridgehead atoms. The Balaban J connectivity index is 2.47. The van der Waals surface area contributed by atoms with Crippen LogP contribution in [0.5, 0.6) is 11.5 Å². The fourth-order valence-corrected chi connectivity index (χ4v) is 1.85. The van der Waals surface area contributed by atoms with Crippen LogP contribution < -0.4 is 14.8 Å². The normalized spacial score (nSPS) is 10.1. The smallest absolute Gasteiger partial charge is 0.220 e. The summed E-state index contributed by atoms with van der Waals surface area (Å²) in [6, 6.07) is 5.59. The number of halogens is 1. The number of nitrogens with one attached hydrogen (secondary N) is 1. The first-order chi connectivity index (χ1) is 9.21. The van der Waals surface area contributed by atoms with Gasteiger partial charge in [0.15, 0.2) is 11.5 Å². The van der Waals surface area contributed by atoms with Gasteiger partial charge in [-0.25, -0.2) is 0 Å². The van der Waals surface area contributed by atoms with Crippen molar-refractivity contribution in [2.45, 2.75) is 25.8 Å². The van der Waals surface area contributed by atoms with Crippen LogP contribution in [0.2, 0.25) is 0 Å². The molecule has 1 aromatic carbocycles. The standard InChI is InChI=1S/C14H20ClNO3/c1-18-12-7-6-11(9-13(12)19-2)10-16-14(17)5-3-4-8-15/h6-7,9H,3-5,8,10H2,1-2H3,(H,16,17). The molecule has 0 unspecified atom stereocenters. The highest BCUT2D eigenvalue weighted by molar-refractivity contribution is 6.17. The van der Waals surface area contributed by atoms with Crippen LogP contribution in [-0.4, -0.2) is 26.0 Å². The fourth-order valence-electron chi connectivity index (χ4n) is 1.66. The summed E-state index contributed by atoms with van der Waals surface area (Å²) in [5.41, 5.74) is 0.975. The molecule has 0 fully saturated rings. The highest BCUT2D eigenvalue weighted by Gasteiger charge is 2.06. The van der Waals surface area contributed by atoms with Crippen LogP contribution in [0.4, 0.5) is 0 Å². The van der Waals surface area contributed by atoms with Crippen molar-refractivity contribution >= 4 is 17.5 Å². The van der Waals surface area contributed by atoms with Crippen molar-refractivity contribution in [3.8, 4) is 11.5 Å². The summed E-state index contributed by atoms with van der Waals surface area (Å²) in [6.45, 7) is 0.486. The number of ether oxygens (including phenoxy) is 2. The molecule has 0 atom stereocenters. The maximum Gasteiger partial charge on any atom is 0.220 e. The second-order valence-corrected chi connectivity index (χ2v) is 4.49. The molecule has 4 nitrogen and oxygen atoms in total. The van der Waals surface area contributed by atoms with E-state index in [1.54, 1.807) is 14.2 Å². The van der Waals surface area contributed by atoms with Gasteiger partial charge in [-0.15, -0.1) is 11.6 Å². The number of benzene rings is 1. The van der Waals surface area contributed by atoms with Gasteiger partial charge in [0, 0.05) is 18.8 Å². The molecule has 0 radical (unpaired) electrons. The van der Waals surface area contributed by atoms with E-state index >= 15 is 0 Å². The van der Waals surface area contributed by atoms with Crippen LogP contribution in [0, 0.1) is 0 Å². The van der Waals surface area contributed by atoms with Gasteiger partial charge in [-0.1, -0.05) is 6.07 Å². The number of carbonyl (C=O) groups is 1. The zero-order valence-corrected chi connectivity index (χ0v) is 12.1. The lowest BCUT2D eigenvalue weighted by Crippen LogP contribution is -2.22. The Kier molecular flexibility index (Phi) is 7.11. The lowest BCUT2D eigenvalue weighted by Gasteiger charge is -2.10. The molecule has 106 valence electrons. The molecule has 19 heavy (non-hydrogen) atoms. The third-order valence-corrected chi connectivity index (χ3v) is 2.99. The summed E-state index contributed by atoms with van der Waals surface area (Å²) in [7, 11) is 3.18. The molecule has 0 aliphatic rings. The molecule has 0 saturated carbocycles. The van der Waals surface area contributed by atoms with Crippen molar-refractivity contribution in [3.05, 3.63) is 23.8 Å². The average molecular weight is 286 g/mol. The number of unbranched alkanes of at least 4 members (excludes halogenated alkanes) is 1. The summed E-state index contributed by atoms with van der Waals surface area (Å²) in [5, 5.41) is 2.87. The van der Waals surface area contributed by atoms with Gasteiger partial charge in [0.2, 0.25) is 5.91 Å². The Morgan fingerprint density at radius 2 is 1.95 bits per heavy atom. The Morgan fingerprint density at radius 1 is 1.21 bits per heavy atom. The largest absolute Gasteiger partial charge is 0.493 e. The van der Waals surface area contributed by atoms with E-state index in [2.05, 4.69) is 5.32 Å².